The lowest BCUT2D eigenvalue weighted by molar-refractivity contribution is 0.390. The number of nitrogens with one attached hydrogen (secondary N) is 1. The van der Waals surface area contributed by atoms with Gasteiger partial charge in [-0.3, -0.25) is 0 Å². The van der Waals surface area contributed by atoms with Gasteiger partial charge in [0, 0.05) is 11.6 Å². The van der Waals surface area contributed by atoms with E-state index in [9.17, 15) is 0 Å². The molecule has 0 aliphatic rings. The van der Waals surface area contributed by atoms with Gasteiger partial charge in [-0.25, -0.2) is 15.0 Å². The fraction of sp³-hybridized carbons (Fsp3) is 0.235. The van der Waals surface area contributed by atoms with E-state index in [1.165, 1.54) is 6.33 Å². The van der Waals surface area contributed by atoms with Crippen molar-refractivity contribution < 1.29 is 9.47 Å². The number of aromatic nitrogens is 3. The van der Waals surface area contributed by atoms with E-state index < -0.39 is 0 Å². The highest BCUT2D eigenvalue weighted by Gasteiger charge is 2.15. The summed E-state index contributed by atoms with van der Waals surface area (Å²) in [5.74, 6) is 2.61. The Morgan fingerprint density at radius 3 is 2.67 bits per heavy atom. The second kappa shape index (κ2) is 6.57. The van der Waals surface area contributed by atoms with E-state index in [1.807, 2.05) is 31.2 Å². The van der Waals surface area contributed by atoms with Crippen molar-refractivity contribution in [3.8, 4) is 11.5 Å². The Labute approximate surface area is 139 Å². The Kier molecular flexibility index (Phi) is 4.33. The zero-order valence-corrected chi connectivity index (χ0v) is 13.8. The number of hydrogen-bond acceptors (Lipinski definition) is 7. The summed E-state index contributed by atoms with van der Waals surface area (Å²) >= 11 is 0. The first-order valence-electron chi connectivity index (χ1n) is 7.48. The van der Waals surface area contributed by atoms with Crippen LogP contribution in [0.1, 0.15) is 18.5 Å². The summed E-state index contributed by atoms with van der Waals surface area (Å²) in [6.45, 7) is 2.03. The maximum absolute atomic E-state index is 5.71. The Morgan fingerprint density at radius 1 is 1.08 bits per heavy atom. The second-order valence-electron chi connectivity index (χ2n) is 5.30. The summed E-state index contributed by atoms with van der Waals surface area (Å²) in [5, 5.41) is 4.19. The molecule has 0 fully saturated rings. The lowest BCUT2D eigenvalue weighted by Gasteiger charge is -2.19. The number of fused-ring (bicyclic) bond motifs is 1. The molecule has 7 heteroatoms. The summed E-state index contributed by atoms with van der Waals surface area (Å²) in [5.41, 5.74) is 7.26. The van der Waals surface area contributed by atoms with E-state index in [-0.39, 0.29) is 6.04 Å². The number of hydrogen-bond donors (Lipinski definition) is 2. The topological polar surface area (TPSA) is 95.2 Å². The fourth-order valence-electron chi connectivity index (χ4n) is 2.53. The van der Waals surface area contributed by atoms with Crippen molar-refractivity contribution in [2.24, 2.45) is 0 Å². The molecule has 0 aliphatic carbocycles. The van der Waals surface area contributed by atoms with Gasteiger partial charge >= 0.3 is 0 Å². The molecule has 1 unspecified atom stereocenters. The highest BCUT2D eigenvalue weighted by molar-refractivity contribution is 5.87. The summed E-state index contributed by atoms with van der Waals surface area (Å²) in [7, 11) is 3.26. The van der Waals surface area contributed by atoms with Crippen LogP contribution in [0.4, 0.5) is 11.6 Å². The van der Waals surface area contributed by atoms with Crippen LogP contribution in [0, 0.1) is 0 Å². The van der Waals surface area contributed by atoms with Gasteiger partial charge in [-0.1, -0.05) is 0 Å². The van der Waals surface area contributed by atoms with Gasteiger partial charge in [0.25, 0.3) is 0 Å². The van der Waals surface area contributed by atoms with E-state index in [1.54, 1.807) is 20.3 Å². The molecule has 3 aromatic rings. The number of nitrogen functional groups attached to an aromatic ring is 1. The van der Waals surface area contributed by atoms with Gasteiger partial charge in [-0.15, -0.1) is 0 Å². The van der Waals surface area contributed by atoms with E-state index in [4.69, 9.17) is 15.2 Å². The molecular formula is C17H19N5O2. The molecular weight excluding hydrogens is 306 g/mol. The molecule has 2 heterocycles. The van der Waals surface area contributed by atoms with Crippen LogP contribution in [0.3, 0.4) is 0 Å². The van der Waals surface area contributed by atoms with E-state index in [2.05, 4.69) is 20.3 Å². The Balaban J connectivity index is 1.94. The zero-order valence-electron chi connectivity index (χ0n) is 13.8. The molecule has 7 nitrogen and oxygen atoms in total. The number of rotatable bonds is 5. The van der Waals surface area contributed by atoms with Crippen molar-refractivity contribution in [2.45, 2.75) is 13.0 Å². The van der Waals surface area contributed by atoms with Gasteiger partial charge in [0.05, 0.1) is 25.6 Å². The molecule has 0 spiro atoms. The molecule has 3 rings (SSSR count). The largest absolute Gasteiger partial charge is 0.497 e. The first kappa shape index (κ1) is 15.8. The van der Waals surface area contributed by atoms with Gasteiger partial charge in [-0.2, -0.15) is 0 Å². The van der Waals surface area contributed by atoms with Crippen LogP contribution in [-0.4, -0.2) is 29.2 Å². The minimum Gasteiger partial charge on any atom is -0.497 e. The summed E-state index contributed by atoms with van der Waals surface area (Å²) in [6, 6.07) is 9.27. The second-order valence-corrected chi connectivity index (χ2v) is 5.30. The number of benzene rings is 1. The lowest BCUT2D eigenvalue weighted by Crippen LogP contribution is -2.10. The van der Waals surface area contributed by atoms with Crippen LogP contribution in [0.15, 0.2) is 36.7 Å². The molecule has 1 atom stereocenters. The van der Waals surface area contributed by atoms with E-state index >= 15 is 0 Å². The van der Waals surface area contributed by atoms with Crippen molar-refractivity contribution >= 4 is 22.7 Å². The third-order valence-electron chi connectivity index (χ3n) is 3.78. The molecule has 0 aliphatic heterocycles. The van der Waals surface area contributed by atoms with Crippen LogP contribution in [0.5, 0.6) is 11.5 Å². The molecule has 124 valence electrons. The Morgan fingerprint density at radius 2 is 1.92 bits per heavy atom. The average molecular weight is 325 g/mol. The first-order valence-corrected chi connectivity index (χ1v) is 7.48. The minimum atomic E-state index is -0.0403. The molecule has 0 radical (unpaired) electrons. The number of nitrogens with two attached hydrogens (primary N) is 1. The summed E-state index contributed by atoms with van der Waals surface area (Å²) in [4.78, 5) is 12.7. The molecule has 24 heavy (non-hydrogen) atoms. The first-order chi connectivity index (χ1) is 11.6. The quantitative estimate of drug-likeness (QED) is 0.744. The van der Waals surface area contributed by atoms with Gasteiger partial charge in [-0.05, 0) is 31.2 Å². The lowest BCUT2D eigenvalue weighted by atomic mass is 10.1. The van der Waals surface area contributed by atoms with E-state index in [0.717, 1.165) is 22.4 Å². The molecule has 1 aromatic carbocycles. The van der Waals surface area contributed by atoms with Crippen molar-refractivity contribution in [1.29, 1.82) is 0 Å². The number of pyridine rings is 1. The number of methoxy groups -OCH3 is 2. The van der Waals surface area contributed by atoms with Crippen LogP contribution >= 0.6 is 0 Å². The Bertz CT molecular complexity index is 869. The highest BCUT2D eigenvalue weighted by Crippen LogP contribution is 2.32. The normalized spacial score (nSPS) is 12.0. The maximum atomic E-state index is 5.71. The predicted octanol–water partition coefficient (Wildman–Crippen LogP) is 2.80. The summed E-state index contributed by atoms with van der Waals surface area (Å²) < 4.78 is 10.7. The van der Waals surface area contributed by atoms with Crippen molar-refractivity contribution in [3.05, 3.63) is 42.2 Å². The SMILES string of the molecule is COc1ccc(C(C)Nc2ncnc3nc(N)ccc23)c(OC)c1. The fourth-order valence-corrected chi connectivity index (χ4v) is 2.53. The van der Waals surface area contributed by atoms with Gasteiger partial charge in [0.15, 0.2) is 5.65 Å². The smallest absolute Gasteiger partial charge is 0.166 e. The third-order valence-corrected chi connectivity index (χ3v) is 3.78. The van der Waals surface area contributed by atoms with Crippen molar-refractivity contribution in [1.82, 2.24) is 15.0 Å². The van der Waals surface area contributed by atoms with E-state index in [0.29, 0.717) is 17.3 Å². The predicted molar refractivity (Wildman–Crippen MR) is 93.3 cm³/mol. The average Bonchev–Trinajstić information content (AvgIpc) is 2.60. The third kappa shape index (κ3) is 3.01. The van der Waals surface area contributed by atoms with Crippen molar-refractivity contribution in [3.63, 3.8) is 0 Å². The monoisotopic (exact) mass is 325 g/mol. The molecule has 0 amide bonds. The molecule has 0 saturated heterocycles. The zero-order chi connectivity index (χ0) is 17.1. The molecule has 3 N–H and O–H groups in total. The molecule has 0 saturated carbocycles. The van der Waals surface area contributed by atoms with Crippen LogP contribution in [-0.2, 0) is 0 Å². The summed E-state index contributed by atoms with van der Waals surface area (Å²) in [6.07, 6.45) is 1.47. The van der Waals surface area contributed by atoms with Gasteiger partial charge in [0.1, 0.15) is 29.5 Å². The van der Waals surface area contributed by atoms with Crippen LogP contribution in [0.2, 0.25) is 0 Å². The number of anilines is 2. The van der Waals surface area contributed by atoms with Gasteiger partial charge in [0.2, 0.25) is 0 Å². The minimum absolute atomic E-state index is 0.0403. The number of ether oxygens (including phenoxy) is 2. The van der Waals surface area contributed by atoms with Crippen LogP contribution < -0.4 is 20.5 Å². The highest BCUT2D eigenvalue weighted by atomic mass is 16.5. The Hall–Kier alpha value is -3.09. The molecule has 2 aromatic heterocycles. The molecule has 0 bridgehead atoms. The maximum Gasteiger partial charge on any atom is 0.166 e. The standard InChI is InChI=1S/C17H19N5O2/c1-10(12-5-4-11(23-2)8-14(12)24-3)21-16-13-6-7-15(18)22-17(13)20-9-19-16/h4-10H,1-3H3,(H3,18,19,20,21,22). The number of nitrogens with zero attached hydrogens (tertiary/aromatic N) is 3. The van der Waals surface area contributed by atoms with Gasteiger partial charge < -0.3 is 20.5 Å². The van der Waals surface area contributed by atoms with Crippen LogP contribution in [0.25, 0.3) is 11.0 Å². The van der Waals surface area contributed by atoms with Crippen molar-refractivity contribution in [2.75, 3.05) is 25.3 Å².